The SMILES string of the molecule is C=C(C)CNC(=S)NCc1ccc(OC)c(C(=O)OC)c1. The molecule has 0 amide bonds. The number of methoxy groups -OCH3 is 2. The molecule has 0 saturated carbocycles. The maximum absolute atomic E-state index is 11.7. The maximum Gasteiger partial charge on any atom is 0.341 e. The Bertz CT molecular complexity index is 544. The molecule has 0 saturated heterocycles. The van der Waals surface area contributed by atoms with E-state index >= 15 is 0 Å². The van der Waals surface area contributed by atoms with Gasteiger partial charge in [-0.25, -0.2) is 4.79 Å². The Balaban J connectivity index is 2.70. The van der Waals surface area contributed by atoms with Crippen molar-refractivity contribution in [3.8, 4) is 5.75 Å². The number of benzene rings is 1. The highest BCUT2D eigenvalue weighted by Gasteiger charge is 2.13. The molecule has 6 heteroatoms. The molecule has 114 valence electrons. The number of carbonyl (C=O) groups excluding carboxylic acids is 1. The van der Waals surface area contributed by atoms with E-state index in [2.05, 4.69) is 17.2 Å². The van der Waals surface area contributed by atoms with Gasteiger partial charge in [0.05, 0.1) is 14.2 Å². The average molecular weight is 308 g/mol. The van der Waals surface area contributed by atoms with Gasteiger partial charge in [0.1, 0.15) is 11.3 Å². The minimum absolute atomic E-state index is 0.389. The highest BCUT2D eigenvalue weighted by molar-refractivity contribution is 7.80. The highest BCUT2D eigenvalue weighted by Crippen LogP contribution is 2.20. The van der Waals surface area contributed by atoms with Gasteiger partial charge in [-0.1, -0.05) is 18.2 Å². The molecule has 21 heavy (non-hydrogen) atoms. The van der Waals surface area contributed by atoms with E-state index in [-0.39, 0.29) is 0 Å². The van der Waals surface area contributed by atoms with Crippen molar-refractivity contribution in [3.63, 3.8) is 0 Å². The molecule has 0 aliphatic rings. The fraction of sp³-hybridized carbons (Fsp3) is 0.333. The van der Waals surface area contributed by atoms with E-state index in [9.17, 15) is 4.79 Å². The lowest BCUT2D eigenvalue weighted by molar-refractivity contribution is 0.0597. The van der Waals surface area contributed by atoms with Crippen LogP contribution in [0.15, 0.2) is 30.4 Å². The fourth-order valence-corrected chi connectivity index (χ4v) is 1.75. The van der Waals surface area contributed by atoms with Crippen molar-refractivity contribution >= 4 is 23.3 Å². The predicted molar refractivity (Wildman–Crippen MR) is 86.6 cm³/mol. The molecule has 2 N–H and O–H groups in total. The first kappa shape index (κ1) is 17.0. The summed E-state index contributed by atoms with van der Waals surface area (Å²) in [4.78, 5) is 11.7. The maximum atomic E-state index is 11.7. The summed E-state index contributed by atoms with van der Waals surface area (Å²) in [7, 11) is 2.85. The van der Waals surface area contributed by atoms with E-state index in [1.54, 1.807) is 12.1 Å². The van der Waals surface area contributed by atoms with Crippen LogP contribution in [0.3, 0.4) is 0 Å². The summed E-state index contributed by atoms with van der Waals surface area (Å²) >= 11 is 5.15. The van der Waals surface area contributed by atoms with Crippen molar-refractivity contribution in [2.24, 2.45) is 0 Å². The predicted octanol–water partition coefficient (Wildman–Crippen LogP) is 2.02. The zero-order chi connectivity index (χ0) is 15.8. The topological polar surface area (TPSA) is 59.6 Å². The van der Waals surface area contributed by atoms with Crippen molar-refractivity contribution in [1.29, 1.82) is 0 Å². The second-order valence-electron chi connectivity index (χ2n) is 4.52. The van der Waals surface area contributed by atoms with E-state index in [1.165, 1.54) is 14.2 Å². The Labute approximate surface area is 130 Å². The zero-order valence-corrected chi connectivity index (χ0v) is 13.3. The molecular formula is C15H20N2O3S. The Morgan fingerprint density at radius 2 is 2.05 bits per heavy atom. The van der Waals surface area contributed by atoms with Crippen LogP contribution >= 0.6 is 12.2 Å². The van der Waals surface area contributed by atoms with Crippen molar-refractivity contribution in [1.82, 2.24) is 10.6 Å². The molecule has 1 aromatic carbocycles. The van der Waals surface area contributed by atoms with Gasteiger partial charge in [0, 0.05) is 13.1 Å². The van der Waals surface area contributed by atoms with Crippen LogP contribution in [0.1, 0.15) is 22.8 Å². The van der Waals surface area contributed by atoms with Gasteiger partial charge in [-0.15, -0.1) is 0 Å². The largest absolute Gasteiger partial charge is 0.496 e. The lowest BCUT2D eigenvalue weighted by Crippen LogP contribution is -2.35. The lowest BCUT2D eigenvalue weighted by Gasteiger charge is -2.12. The third-order valence-electron chi connectivity index (χ3n) is 2.67. The van der Waals surface area contributed by atoms with Gasteiger partial charge >= 0.3 is 5.97 Å². The molecule has 0 unspecified atom stereocenters. The minimum Gasteiger partial charge on any atom is -0.496 e. The molecule has 0 aliphatic heterocycles. The molecular weight excluding hydrogens is 288 g/mol. The van der Waals surface area contributed by atoms with E-state index < -0.39 is 5.97 Å². The molecule has 5 nitrogen and oxygen atoms in total. The number of hydrogen-bond acceptors (Lipinski definition) is 4. The first-order valence-electron chi connectivity index (χ1n) is 6.39. The second-order valence-corrected chi connectivity index (χ2v) is 4.93. The Morgan fingerprint density at radius 1 is 1.33 bits per heavy atom. The second kappa shape index (κ2) is 8.26. The van der Waals surface area contributed by atoms with Crippen LogP contribution in [-0.2, 0) is 11.3 Å². The lowest BCUT2D eigenvalue weighted by atomic mass is 10.1. The summed E-state index contributed by atoms with van der Waals surface area (Å²) in [6.07, 6.45) is 0. The number of nitrogens with one attached hydrogen (secondary N) is 2. The van der Waals surface area contributed by atoms with Gasteiger partial charge in [-0.05, 0) is 36.8 Å². The molecule has 0 heterocycles. The Morgan fingerprint density at radius 3 is 2.62 bits per heavy atom. The van der Waals surface area contributed by atoms with Crippen LogP contribution in [-0.4, -0.2) is 31.8 Å². The van der Waals surface area contributed by atoms with Crippen LogP contribution in [0.4, 0.5) is 0 Å². The van der Waals surface area contributed by atoms with E-state index in [1.807, 2.05) is 13.0 Å². The Hall–Kier alpha value is -2.08. The molecule has 0 fully saturated rings. The number of hydrogen-bond donors (Lipinski definition) is 2. The van der Waals surface area contributed by atoms with Crippen molar-refractivity contribution in [3.05, 3.63) is 41.5 Å². The molecule has 0 spiro atoms. The number of thiocarbonyl (C=S) groups is 1. The molecule has 0 radical (unpaired) electrons. The van der Waals surface area contributed by atoms with Crippen LogP contribution in [0.25, 0.3) is 0 Å². The van der Waals surface area contributed by atoms with Crippen molar-refractivity contribution < 1.29 is 14.3 Å². The number of esters is 1. The van der Waals surface area contributed by atoms with Crippen LogP contribution in [0.5, 0.6) is 5.75 Å². The van der Waals surface area contributed by atoms with Gasteiger partial charge in [0.25, 0.3) is 0 Å². The van der Waals surface area contributed by atoms with Gasteiger partial charge in [0.15, 0.2) is 5.11 Å². The van der Waals surface area contributed by atoms with Crippen LogP contribution in [0, 0.1) is 0 Å². The molecule has 0 atom stereocenters. The van der Waals surface area contributed by atoms with E-state index in [4.69, 9.17) is 21.7 Å². The van der Waals surface area contributed by atoms with Crippen molar-refractivity contribution in [2.75, 3.05) is 20.8 Å². The van der Waals surface area contributed by atoms with E-state index in [0.29, 0.717) is 29.5 Å². The van der Waals surface area contributed by atoms with Crippen molar-refractivity contribution in [2.45, 2.75) is 13.5 Å². The molecule has 1 rings (SSSR count). The normalized spacial score (nSPS) is 9.67. The molecule has 1 aromatic rings. The summed E-state index contributed by atoms with van der Waals surface area (Å²) in [5.41, 5.74) is 2.28. The van der Waals surface area contributed by atoms with Gasteiger partial charge < -0.3 is 20.1 Å². The summed E-state index contributed by atoms with van der Waals surface area (Å²) in [6, 6.07) is 5.31. The smallest absolute Gasteiger partial charge is 0.341 e. The average Bonchev–Trinajstić information content (AvgIpc) is 2.49. The fourth-order valence-electron chi connectivity index (χ4n) is 1.61. The van der Waals surface area contributed by atoms with E-state index in [0.717, 1.165) is 11.1 Å². The summed E-state index contributed by atoms with van der Waals surface area (Å²) in [5.74, 6) is 0.0465. The summed E-state index contributed by atoms with van der Waals surface area (Å²) in [5, 5.41) is 6.63. The Kier molecular flexibility index (Phi) is 6.68. The number of rotatable bonds is 6. The van der Waals surface area contributed by atoms with Crippen LogP contribution in [0.2, 0.25) is 0 Å². The third-order valence-corrected chi connectivity index (χ3v) is 2.96. The van der Waals surface area contributed by atoms with Gasteiger partial charge in [-0.3, -0.25) is 0 Å². The first-order chi connectivity index (χ1) is 9.97. The number of ether oxygens (including phenoxy) is 2. The summed E-state index contributed by atoms with van der Waals surface area (Å²) in [6.45, 7) is 6.83. The molecule has 0 aliphatic carbocycles. The zero-order valence-electron chi connectivity index (χ0n) is 12.5. The quantitative estimate of drug-likeness (QED) is 0.476. The van der Waals surface area contributed by atoms with Crippen LogP contribution < -0.4 is 15.4 Å². The number of carbonyl (C=O) groups is 1. The first-order valence-corrected chi connectivity index (χ1v) is 6.80. The highest BCUT2D eigenvalue weighted by atomic mass is 32.1. The summed E-state index contributed by atoms with van der Waals surface area (Å²) < 4.78 is 9.88. The molecule has 0 aromatic heterocycles. The minimum atomic E-state index is -0.434. The van der Waals surface area contributed by atoms with Gasteiger partial charge in [0.2, 0.25) is 0 Å². The standard InChI is InChI=1S/C15H20N2O3S/c1-10(2)8-16-15(21)17-9-11-5-6-13(19-3)12(7-11)14(18)20-4/h5-7H,1,8-9H2,2-4H3,(H2,16,17,21). The monoisotopic (exact) mass is 308 g/mol. The third kappa shape index (κ3) is 5.43. The molecule has 0 bridgehead atoms. The van der Waals surface area contributed by atoms with Gasteiger partial charge in [-0.2, -0.15) is 0 Å².